The van der Waals surface area contributed by atoms with Gasteiger partial charge in [0.15, 0.2) is 0 Å². The summed E-state index contributed by atoms with van der Waals surface area (Å²) < 4.78 is 5.43. The van der Waals surface area contributed by atoms with Gasteiger partial charge in [0.2, 0.25) is 0 Å². The minimum atomic E-state index is -0.728. The number of anilines is 1. The average molecular weight is 494 g/mol. The van der Waals surface area contributed by atoms with Crippen LogP contribution in [0.15, 0.2) is 48.5 Å². The first kappa shape index (κ1) is 25.0. The number of hydrazine groups is 1. The van der Waals surface area contributed by atoms with E-state index in [9.17, 15) is 9.90 Å². The number of ether oxygens (including phenoxy) is 1. The maximum absolute atomic E-state index is 13.9. The summed E-state index contributed by atoms with van der Waals surface area (Å²) in [7, 11) is 1.67. The molecule has 0 aliphatic carbocycles. The van der Waals surface area contributed by atoms with Crippen molar-refractivity contribution in [3.63, 3.8) is 0 Å². The lowest BCUT2D eigenvalue weighted by Gasteiger charge is -2.44. The molecular weight excluding hydrogens is 454 g/mol. The molecule has 3 heterocycles. The third kappa shape index (κ3) is 5.22. The molecule has 2 amide bonds. The number of nitrogens with zero attached hydrogens (tertiary/aromatic N) is 3. The number of urea groups is 1. The van der Waals surface area contributed by atoms with Crippen LogP contribution in [-0.4, -0.2) is 78.5 Å². The Balaban J connectivity index is 1.39. The molecule has 3 fully saturated rings. The van der Waals surface area contributed by atoms with E-state index >= 15 is 0 Å². The van der Waals surface area contributed by atoms with Crippen LogP contribution in [0.5, 0.6) is 5.75 Å². The normalized spacial score (nSPS) is 21.1. The molecular formula is C28H39N5O3. The summed E-state index contributed by atoms with van der Waals surface area (Å²) in [4.78, 5) is 20.3. The highest BCUT2D eigenvalue weighted by Gasteiger charge is 2.51. The summed E-state index contributed by atoms with van der Waals surface area (Å²) in [5, 5.41) is 10.3. The number of amides is 2. The lowest BCUT2D eigenvalue weighted by molar-refractivity contribution is 0.00618. The van der Waals surface area contributed by atoms with Gasteiger partial charge in [0, 0.05) is 50.9 Å². The number of carbonyl (C=O) groups excluding carboxylic acids is 1. The standard InChI is InChI=1S/C28H39N5O3/c1-27(2,35)19-31-13-11-28(12-14-31)20-32(24-9-7-22(8-10-24)23-16-29-30-17-23)26(34)33(28)18-21-5-4-6-25(15-21)36-3/h4-10,15,23,29-30,35H,11-14,16-20H2,1-3H3. The van der Waals surface area contributed by atoms with Gasteiger partial charge in [-0.3, -0.25) is 15.8 Å². The molecule has 3 aliphatic rings. The van der Waals surface area contributed by atoms with Crippen LogP contribution >= 0.6 is 0 Å². The smallest absolute Gasteiger partial charge is 0.325 e. The van der Waals surface area contributed by atoms with Crippen molar-refractivity contribution in [2.24, 2.45) is 0 Å². The van der Waals surface area contributed by atoms with Crippen molar-refractivity contribution in [2.45, 2.75) is 50.3 Å². The summed E-state index contributed by atoms with van der Waals surface area (Å²) in [5.41, 5.74) is 8.72. The van der Waals surface area contributed by atoms with Gasteiger partial charge in [-0.25, -0.2) is 4.79 Å². The van der Waals surface area contributed by atoms with Gasteiger partial charge in [0.25, 0.3) is 0 Å². The Kier molecular flexibility index (Phi) is 6.96. The molecule has 3 saturated heterocycles. The molecule has 0 saturated carbocycles. The molecule has 1 spiro atoms. The largest absolute Gasteiger partial charge is 0.497 e. The van der Waals surface area contributed by atoms with Crippen molar-refractivity contribution in [1.29, 1.82) is 0 Å². The molecule has 0 unspecified atom stereocenters. The van der Waals surface area contributed by atoms with Crippen molar-refractivity contribution in [1.82, 2.24) is 20.7 Å². The van der Waals surface area contributed by atoms with Crippen LogP contribution in [-0.2, 0) is 6.54 Å². The number of carbonyl (C=O) groups is 1. The zero-order valence-corrected chi connectivity index (χ0v) is 21.7. The molecule has 8 nitrogen and oxygen atoms in total. The van der Waals surface area contributed by atoms with E-state index in [1.165, 1.54) is 5.56 Å². The van der Waals surface area contributed by atoms with E-state index in [1.807, 2.05) is 36.9 Å². The maximum atomic E-state index is 13.9. The molecule has 3 N–H and O–H groups in total. The molecule has 5 rings (SSSR count). The van der Waals surface area contributed by atoms with Crippen LogP contribution in [0.4, 0.5) is 10.5 Å². The lowest BCUT2D eigenvalue weighted by Crippen LogP contribution is -2.55. The number of piperidine rings is 1. The zero-order chi connectivity index (χ0) is 25.3. The summed E-state index contributed by atoms with van der Waals surface area (Å²) in [6.07, 6.45) is 1.76. The number of rotatable bonds is 7. The summed E-state index contributed by atoms with van der Waals surface area (Å²) in [5.74, 6) is 1.25. The number of aliphatic hydroxyl groups is 1. The average Bonchev–Trinajstić information content (AvgIpc) is 3.49. The van der Waals surface area contributed by atoms with Crippen molar-refractivity contribution in [2.75, 3.05) is 51.3 Å². The maximum Gasteiger partial charge on any atom is 0.325 e. The summed E-state index contributed by atoms with van der Waals surface area (Å²) >= 11 is 0. The van der Waals surface area contributed by atoms with Gasteiger partial charge < -0.3 is 19.6 Å². The van der Waals surface area contributed by atoms with Crippen LogP contribution < -0.4 is 20.5 Å². The molecule has 0 aromatic heterocycles. The van der Waals surface area contributed by atoms with Crippen LogP contribution in [0.3, 0.4) is 0 Å². The highest BCUT2D eigenvalue weighted by atomic mass is 16.5. The number of nitrogens with one attached hydrogen (secondary N) is 2. The first-order valence-electron chi connectivity index (χ1n) is 13.0. The Bertz CT molecular complexity index is 1050. The van der Waals surface area contributed by atoms with E-state index in [4.69, 9.17) is 4.74 Å². The Morgan fingerprint density at radius 2 is 1.78 bits per heavy atom. The van der Waals surface area contributed by atoms with Gasteiger partial charge in [-0.05, 0) is 62.1 Å². The van der Waals surface area contributed by atoms with Crippen LogP contribution in [0, 0.1) is 0 Å². The van der Waals surface area contributed by atoms with E-state index in [-0.39, 0.29) is 11.6 Å². The SMILES string of the molecule is COc1cccc(CN2C(=O)N(c3ccc(C4CNNC4)cc3)CC23CCN(CC(C)(C)O)CC3)c1. The van der Waals surface area contributed by atoms with Gasteiger partial charge in [-0.1, -0.05) is 24.3 Å². The van der Waals surface area contributed by atoms with E-state index < -0.39 is 5.60 Å². The van der Waals surface area contributed by atoms with E-state index in [0.29, 0.717) is 25.6 Å². The first-order chi connectivity index (χ1) is 17.3. The van der Waals surface area contributed by atoms with Crippen LogP contribution in [0.25, 0.3) is 0 Å². The Labute approximate surface area is 214 Å². The topological polar surface area (TPSA) is 80.3 Å². The van der Waals surface area contributed by atoms with E-state index in [1.54, 1.807) is 7.11 Å². The molecule has 2 aromatic rings. The third-order valence-corrected chi connectivity index (χ3v) is 7.86. The molecule has 0 bridgehead atoms. The van der Waals surface area contributed by atoms with Gasteiger partial charge in [0.05, 0.1) is 24.8 Å². The summed E-state index contributed by atoms with van der Waals surface area (Å²) in [6, 6.07) is 16.6. The number of hydrogen-bond donors (Lipinski definition) is 3. The van der Waals surface area contributed by atoms with Crippen LogP contribution in [0.2, 0.25) is 0 Å². The molecule has 2 aromatic carbocycles. The fraction of sp³-hybridized carbons (Fsp3) is 0.536. The lowest BCUT2D eigenvalue weighted by atomic mass is 9.85. The molecule has 194 valence electrons. The van der Waals surface area contributed by atoms with Crippen LogP contribution in [0.1, 0.15) is 43.7 Å². The first-order valence-corrected chi connectivity index (χ1v) is 13.0. The molecule has 3 aliphatic heterocycles. The number of methoxy groups -OCH3 is 1. The molecule has 36 heavy (non-hydrogen) atoms. The zero-order valence-electron chi connectivity index (χ0n) is 21.7. The van der Waals surface area contributed by atoms with Crippen molar-refractivity contribution < 1.29 is 14.6 Å². The number of benzene rings is 2. The molecule has 8 heteroatoms. The minimum absolute atomic E-state index is 0.0608. The quantitative estimate of drug-likeness (QED) is 0.551. The van der Waals surface area contributed by atoms with Crippen molar-refractivity contribution in [3.8, 4) is 5.75 Å². The van der Waals surface area contributed by atoms with Gasteiger partial charge in [0.1, 0.15) is 5.75 Å². The second-order valence-electron chi connectivity index (χ2n) is 11.2. The fourth-order valence-electron chi connectivity index (χ4n) is 5.91. The Hall–Kier alpha value is -2.65. The molecule has 0 radical (unpaired) electrons. The number of hydrogen-bond acceptors (Lipinski definition) is 6. The highest BCUT2D eigenvalue weighted by molar-refractivity contribution is 5.95. The van der Waals surface area contributed by atoms with Gasteiger partial charge in [-0.2, -0.15) is 0 Å². The van der Waals surface area contributed by atoms with Crippen molar-refractivity contribution >= 4 is 11.7 Å². The minimum Gasteiger partial charge on any atom is -0.497 e. The summed E-state index contributed by atoms with van der Waals surface area (Å²) in [6.45, 7) is 9.14. The Morgan fingerprint density at radius 1 is 1.08 bits per heavy atom. The molecule has 0 atom stereocenters. The second-order valence-corrected chi connectivity index (χ2v) is 11.2. The highest BCUT2D eigenvalue weighted by Crippen LogP contribution is 2.40. The second kappa shape index (κ2) is 10.0. The van der Waals surface area contributed by atoms with E-state index in [2.05, 4.69) is 51.0 Å². The van der Waals surface area contributed by atoms with Gasteiger partial charge >= 0.3 is 6.03 Å². The predicted octanol–water partition coefficient (Wildman–Crippen LogP) is 2.93. The van der Waals surface area contributed by atoms with Gasteiger partial charge in [-0.15, -0.1) is 0 Å². The third-order valence-electron chi connectivity index (χ3n) is 7.86. The number of β-amino-alcohol motifs (C(OH)–C–C–N with tert-alkyl or cyclic N) is 1. The monoisotopic (exact) mass is 493 g/mol. The predicted molar refractivity (Wildman–Crippen MR) is 141 cm³/mol. The number of likely N-dealkylation sites (tertiary alicyclic amines) is 1. The van der Waals surface area contributed by atoms with E-state index in [0.717, 1.165) is 56.0 Å². The Morgan fingerprint density at radius 3 is 2.42 bits per heavy atom. The van der Waals surface area contributed by atoms with Crippen molar-refractivity contribution in [3.05, 3.63) is 59.7 Å². The fourth-order valence-corrected chi connectivity index (χ4v) is 5.91.